The minimum Gasteiger partial charge on any atom is -0.488 e. The van der Waals surface area contributed by atoms with E-state index in [9.17, 15) is 0 Å². The van der Waals surface area contributed by atoms with Crippen molar-refractivity contribution in [3.8, 4) is 5.75 Å². The van der Waals surface area contributed by atoms with Crippen molar-refractivity contribution in [3.05, 3.63) is 24.3 Å². The maximum absolute atomic E-state index is 6.32. The van der Waals surface area contributed by atoms with E-state index in [0.29, 0.717) is 6.10 Å². The predicted octanol–water partition coefficient (Wildman–Crippen LogP) is 3.20. The first kappa shape index (κ1) is 13.7. The molecule has 3 rings (SSSR count). The minimum absolute atomic E-state index is 0.426. The Morgan fingerprint density at radius 2 is 1.80 bits per heavy atom. The summed E-state index contributed by atoms with van der Waals surface area (Å²) in [6.07, 6.45) is 8.08. The Hall–Kier alpha value is -1.22. The summed E-state index contributed by atoms with van der Waals surface area (Å²) in [6, 6.07) is 8.57. The number of para-hydroxylation sites is 2. The molecule has 2 fully saturated rings. The van der Waals surface area contributed by atoms with Gasteiger partial charge in [0, 0.05) is 19.6 Å². The first-order valence-electron chi connectivity index (χ1n) is 8.15. The van der Waals surface area contributed by atoms with E-state index in [1.807, 2.05) is 0 Å². The second-order valence-electron chi connectivity index (χ2n) is 5.94. The zero-order valence-electron chi connectivity index (χ0n) is 12.3. The van der Waals surface area contributed by atoms with Crippen LogP contribution in [0.3, 0.4) is 0 Å². The van der Waals surface area contributed by atoms with E-state index in [0.717, 1.165) is 31.9 Å². The summed E-state index contributed by atoms with van der Waals surface area (Å²) in [5, 5.41) is 3.47. The fraction of sp³-hybridized carbons (Fsp3) is 0.647. The van der Waals surface area contributed by atoms with Gasteiger partial charge in [-0.1, -0.05) is 18.6 Å². The van der Waals surface area contributed by atoms with Gasteiger partial charge in [0.1, 0.15) is 5.75 Å². The van der Waals surface area contributed by atoms with Crippen LogP contribution in [0.4, 0.5) is 5.69 Å². The molecule has 20 heavy (non-hydrogen) atoms. The van der Waals surface area contributed by atoms with Crippen LogP contribution in [0.5, 0.6) is 5.75 Å². The van der Waals surface area contributed by atoms with Crippen molar-refractivity contribution in [2.75, 3.05) is 31.1 Å². The van der Waals surface area contributed by atoms with Gasteiger partial charge in [0.05, 0.1) is 11.8 Å². The zero-order valence-corrected chi connectivity index (χ0v) is 12.3. The van der Waals surface area contributed by atoms with Gasteiger partial charge in [0.2, 0.25) is 0 Å². The second-order valence-corrected chi connectivity index (χ2v) is 5.94. The summed E-state index contributed by atoms with van der Waals surface area (Å²) < 4.78 is 6.32. The molecule has 1 saturated carbocycles. The Kier molecular flexibility index (Phi) is 4.80. The lowest BCUT2D eigenvalue weighted by Gasteiger charge is -2.28. The lowest BCUT2D eigenvalue weighted by atomic mass is 9.98. The van der Waals surface area contributed by atoms with Crippen LogP contribution in [0.2, 0.25) is 0 Å². The molecule has 0 bridgehead atoms. The summed E-state index contributed by atoms with van der Waals surface area (Å²) in [5.41, 5.74) is 1.28. The first-order valence-corrected chi connectivity index (χ1v) is 8.15. The Labute approximate surface area is 122 Å². The molecule has 1 N–H and O–H groups in total. The van der Waals surface area contributed by atoms with E-state index in [-0.39, 0.29) is 0 Å². The van der Waals surface area contributed by atoms with Gasteiger partial charge in [0.25, 0.3) is 0 Å². The van der Waals surface area contributed by atoms with E-state index in [1.54, 1.807) is 0 Å². The first-order chi connectivity index (χ1) is 9.93. The van der Waals surface area contributed by atoms with Gasteiger partial charge in [-0.05, 0) is 50.8 Å². The Morgan fingerprint density at radius 3 is 2.70 bits per heavy atom. The van der Waals surface area contributed by atoms with Gasteiger partial charge >= 0.3 is 0 Å². The molecular formula is C17H26N2O. The summed E-state index contributed by atoms with van der Waals surface area (Å²) >= 11 is 0. The molecule has 110 valence electrons. The van der Waals surface area contributed by atoms with Crippen molar-refractivity contribution in [1.29, 1.82) is 0 Å². The van der Waals surface area contributed by atoms with Gasteiger partial charge in [-0.15, -0.1) is 0 Å². The average molecular weight is 274 g/mol. The predicted molar refractivity (Wildman–Crippen MR) is 83.6 cm³/mol. The van der Waals surface area contributed by atoms with E-state index >= 15 is 0 Å². The molecule has 2 aliphatic rings. The van der Waals surface area contributed by atoms with Gasteiger partial charge in [-0.25, -0.2) is 0 Å². The zero-order chi connectivity index (χ0) is 13.6. The van der Waals surface area contributed by atoms with Gasteiger partial charge in [0.15, 0.2) is 0 Å². The van der Waals surface area contributed by atoms with Gasteiger partial charge in [-0.2, -0.15) is 0 Å². The third-order valence-corrected chi connectivity index (χ3v) is 4.39. The summed E-state index contributed by atoms with van der Waals surface area (Å²) in [7, 11) is 0. The molecule has 1 aliphatic heterocycles. The normalized spacial score (nSPS) is 21.5. The maximum atomic E-state index is 6.32. The fourth-order valence-corrected chi connectivity index (χ4v) is 3.27. The summed E-state index contributed by atoms with van der Waals surface area (Å²) in [5.74, 6) is 1.08. The molecule has 1 aromatic rings. The highest BCUT2D eigenvalue weighted by Gasteiger charge is 2.19. The molecule has 3 nitrogen and oxygen atoms in total. The van der Waals surface area contributed by atoms with Gasteiger partial charge < -0.3 is 15.0 Å². The van der Waals surface area contributed by atoms with Crippen molar-refractivity contribution in [2.45, 2.75) is 44.6 Å². The SMILES string of the molecule is c1ccc(N2CCCNCC2)c(OC2CCCCC2)c1. The van der Waals surface area contributed by atoms with Crippen molar-refractivity contribution >= 4 is 5.69 Å². The molecule has 1 heterocycles. The second kappa shape index (κ2) is 6.98. The van der Waals surface area contributed by atoms with Crippen LogP contribution in [0, 0.1) is 0 Å². The van der Waals surface area contributed by atoms with E-state index in [2.05, 4.69) is 34.5 Å². The largest absolute Gasteiger partial charge is 0.488 e. The molecule has 0 aromatic heterocycles. The Morgan fingerprint density at radius 1 is 0.950 bits per heavy atom. The van der Waals surface area contributed by atoms with Crippen LogP contribution in [0.1, 0.15) is 38.5 Å². The van der Waals surface area contributed by atoms with Crippen molar-refractivity contribution in [3.63, 3.8) is 0 Å². The molecule has 0 atom stereocenters. The van der Waals surface area contributed by atoms with E-state index < -0.39 is 0 Å². The molecule has 1 aliphatic carbocycles. The van der Waals surface area contributed by atoms with Crippen LogP contribution in [-0.4, -0.2) is 32.3 Å². The highest BCUT2D eigenvalue weighted by atomic mass is 16.5. The van der Waals surface area contributed by atoms with Crippen LogP contribution in [0.15, 0.2) is 24.3 Å². The highest BCUT2D eigenvalue weighted by molar-refractivity contribution is 5.58. The molecule has 1 saturated heterocycles. The standard InChI is InChI=1S/C17H26N2O/c1-2-7-15(8-3-1)20-17-10-5-4-9-16(17)19-13-6-11-18-12-14-19/h4-5,9-10,15,18H,1-3,6-8,11-14H2. The number of hydrogen-bond acceptors (Lipinski definition) is 3. The number of hydrogen-bond donors (Lipinski definition) is 1. The number of nitrogens with one attached hydrogen (secondary N) is 1. The Bertz CT molecular complexity index is 407. The molecule has 0 spiro atoms. The molecule has 0 unspecified atom stereocenters. The van der Waals surface area contributed by atoms with Gasteiger partial charge in [-0.3, -0.25) is 0 Å². The number of ether oxygens (including phenoxy) is 1. The van der Waals surface area contributed by atoms with Crippen LogP contribution in [0.25, 0.3) is 0 Å². The third-order valence-electron chi connectivity index (χ3n) is 4.39. The highest BCUT2D eigenvalue weighted by Crippen LogP contribution is 2.32. The molecule has 1 aromatic carbocycles. The summed E-state index contributed by atoms with van der Waals surface area (Å²) in [4.78, 5) is 2.47. The number of anilines is 1. The Balaban J connectivity index is 1.72. The molecule has 0 amide bonds. The van der Waals surface area contributed by atoms with Crippen LogP contribution < -0.4 is 15.0 Å². The maximum Gasteiger partial charge on any atom is 0.143 e. The topological polar surface area (TPSA) is 24.5 Å². The van der Waals surface area contributed by atoms with E-state index in [4.69, 9.17) is 4.74 Å². The van der Waals surface area contributed by atoms with Crippen molar-refractivity contribution in [2.24, 2.45) is 0 Å². The van der Waals surface area contributed by atoms with Crippen LogP contribution >= 0.6 is 0 Å². The summed E-state index contributed by atoms with van der Waals surface area (Å²) in [6.45, 7) is 4.39. The number of nitrogens with zero attached hydrogens (tertiary/aromatic N) is 1. The molecule has 0 radical (unpaired) electrons. The molecule has 3 heteroatoms. The molecular weight excluding hydrogens is 248 g/mol. The number of benzene rings is 1. The van der Waals surface area contributed by atoms with E-state index in [1.165, 1.54) is 44.2 Å². The smallest absolute Gasteiger partial charge is 0.143 e. The lowest BCUT2D eigenvalue weighted by Crippen LogP contribution is -2.29. The fourth-order valence-electron chi connectivity index (χ4n) is 3.27. The third kappa shape index (κ3) is 3.45. The van der Waals surface area contributed by atoms with Crippen molar-refractivity contribution < 1.29 is 4.74 Å². The van der Waals surface area contributed by atoms with Crippen molar-refractivity contribution in [1.82, 2.24) is 5.32 Å². The minimum atomic E-state index is 0.426. The number of rotatable bonds is 3. The average Bonchev–Trinajstić information content (AvgIpc) is 2.78. The quantitative estimate of drug-likeness (QED) is 0.916. The van der Waals surface area contributed by atoms with Crippen LogP contribution in [-0.2, 0) is 0 Å². The lowest BCUT2D eigenvalue weighted by molar-refractivity contribution is 0.155. The monoisotopic (exact) mass is 274 g/mol.